The second-order valence-corrected chi connectivity index (χ2v) is 10.5. The van der Waals surface area contributed by atoms with E-state index in [1.54, 1.807) is 33.2 Å². The number of aliphatic hydroxyl groups is 3. The smallest absolute Gasteiger partial charge is 0.320 e. The molecule has 0 bridgehead atoms. The van der Waals surface area contributed by atoms with Crippen molar-refractivity contribution in [2.45, 2.75) is 30.6 Å². The molecule has 6 N–H and O–H groups in total. The molecule has 0 unspecified atom stereocenters. The number of hydrogen-bond donors (Lipinski definition) is 5. The average molecular weight is 530 g/mol. The molecule has 3 aliphatic rings. The largest absolute Gasteiger partial charge is 0.508 e. The van der Waals surface area contributed by atoms with Gasteiger partial charge in [-0.3, -0.25) is 29.0 Å². The summed E-state index contributed by atoms with van der Waals surface area (Å²) < 4.78 is 5.86. The molecule has 1 amide bonds. The van der Waals surface area contributed by atoms with Crippen LogP contribution in [0.2, 0.25) is 0 Å². The van der Waals surface area contributed by atoms with E-state index in [-0.39, 0.29) is 17.9 Å². The van der Waals surface area contributed by atoms with Gasteiger partial charge in [-0.2, -0.15) is 0 Å². The van der Waals surface area contributed by atoms with Gasteiger partial charge in [-0.1, -0.05) is 19.1 Å². The first kappa shape index (κ1) is 27.3. The van der Waals surface area contributed by atoms with Crippen molar-refractivity contribution in [1.82, 2.24) is 9.80 Å². The molecule has 4 rings (SSSR count). The van der Waals surface area contributed by atoms with Crippen LogP contribution in [0.3, 0.4) is 0 Å². The zero-order valence-electron chi connectivity index (χ0n) is 21.6. The number of phenolic OH excluding ortho intramolecular Hbond substituents is 1. The van der Waals surface area contributed by atoms with Crippen LogP contribution in [0.5, 0.6) is 5.75 Å². The summed E-state index contributed by atoms with van der Waals surface area (Å²) in [7, 11) is 6.19. The van der Waals surface area contributed by atoms with Gasteiger partial charge in [0, 0.05) is 11.5 Å². The highest BCUT2D eigenvalue weighted by molar-refractivity contribution is 6.24. The molecule has 0 radical (unpaired) electrons. The number of nitrogens with zero attached hydrogens (tertiary/aromatic N) is 2. The second-order valence-electron chi connectivity index (χ2n) is 10.5. The van der Waals surface area contributed by atoms with Gasteiger partial charge in [-0.25, -0.2) is 0 Å². The summed E-state index contributed by atoms with van der Waals surface area (Å²) in [6.07, 6.45) is -1.43. The Morgan fingerprint density at radius 2 is 1.74 bits per heavy atom. The summed E-state index contributed by atoms with van der Waals surface area (Å²) >= 11 is 0. The van der Waals surface area contributed by atoms with E-state index in [0.717, 1.165) is 0 Å². The second kappa shape index (κ2) is 9.22. The number of primary amides is 1. The molecule has 204 valence electrons. The fraction of sp³-hybridized carbons (Fsp3) is 0.462. The van der Waals surface area contributed by atoms with E-state index in [4.69, 9.17) is 10.5 Å². The number of benzene rings is 1. The molecule has 1 aromatic carbocycles. The van der Waals surface area contributed by atoms with Gasteiger partial charge in [0.15, 0.2) is 11.4 Å². The molecular weight excluding hydrogens is 498 g/mol. The number of carbonyl (C=O) groups is 4. The number of fused-ring (bicyclic) bond motifs is 3. The van der Waals surface area contributed by atoms with Gasteiger partial charge in [0.2, 0.25) is 5.78 Å². The topological polar surface area (TPSA) is 191 Å². The van der Waals surface area contributed by atoms with Gasteiger partial charge in [0.05, 0.1) is 24.1 Å². The third kappa shape index (κ3) is 3.70. The number of amides is 1. The molecule has 0 saturated heterocycles. The molecule has 38 heavy (non-hydrogen) atoms. The van der Waals surface area contributed by atoms with Crippen LogP contribution in [0.15, 0.2) is 35.1 Å². The van der Waals surface area contributed by atoms with Crippen LogP contribution in [0.4, 0.5) is 0 Å². The zero-order chi connectivity index (χ0) is 28.4. The fourth-order valence-corrected chi connectivity index (χ4v) is 6.14. The molecule has 1 saturated carbocycles. The third-order valence-corrected chi connectivity index (χ3v) is 7.68. The number of phenols is 1. The minimum atomic E-state index is -2.96. The molecule has 12 nitrogen and oxygen atoms in total. The molecular formula is C26H31N3O9. The number of rotatable bonds is 5. The first-order valence-corrected chi connectivity index (χ1v) is 12.0. The van der Waals surface area contributed by atoms with Crippen LogP contribution in [0, 0.1) is 11.8 Å². The van der Waals surface area contributed by atoms with Crippen molar-refractivity contribution in [2.24, 2.45) is 17.6 Å². The Morgan fingerprint density at radius 3 is 2.29 bits per heavy atom. The van der Waals surface area contributed by atoms with Crippen LogP contribution < -0.4 is 5.73 Å². The van der Waals surface area contributed by atoms with E-state index in [9.17, 15) is 39.6 Å². The van der Waals surface area contributed by atoms with Crippen LogP contribution in [-0.4, -0.2) is 106 Å². The van der Waals surface area contributed by atoms with Gasteiger partial charge in [0.25, 0.3) is 5.91 Å². The number of nitrogens with two attached hydrogens (primary N) is 1. The molecule has 3 aliphatic carbocycles. The van der Waals surface area contributed by atoms with E-state index in [0.29, 0.717) is 5.56 Å². The predicted molar refractivity (Wildman–Crippen MR) is 133 cm³/mol. The summed E-state index contributed by atoms with van der Waals surface area (Å²) in [5.74, 6) is -9.83. The number of esters is 1. The Morgan fingerprint density at radius 1 is 1.11 bits per heavy atom. The lowest BCUT2D eigenvalue weighted by molar-refractivity contribution is -0.185. The van der Waals surface area contributed by atoms with Crippen molar-refractivity contribution in [3.63, 3.8) is 0 Å². The number of carbonyl (C=O) groups excluding carboxylic acids is 4. The molecule has 12 heteroatoms. The first-order chi connectivity index (χ1) is 17.7. The molecule has 6 atom stereocenters. The van der Waals surface area contributed by atoms with Crippen molar-refractivity contribution in [3.05, 3.63) is 46.2 Å². The molecule has 0 aromatic heterocycles. The zero-order valence-corrected chi connectivity index (χ0v) is 21.6. The summed E-state index contributed by atoms with van der Waals surface area (Å²) in [6, 6.07) is 3.08. The minimum absolute atomic E-state index is 0.0466. The van der Waals surface area contributed by atoms with Crippen molar-refractivity contribution in [1.29, 1.82) is 0 Å². The number of ketones is 2. The number of aliphatic hydroxyl groups excluding tert-OH is 2. The van der Waals surface area contributed by atoms with Gasteiger partial charge < -0.3 is 30.9 Å². The van der Waals surface area contributed by atoms with Crippen molar-refractivity contribution < 1.29 is 44.3 Å². The van der Waals surface area contributed by atoms with E-state index in [2.05, 4.69) is 0 Å². The highest BCUT2D eigenvalue weighted by atomic mass is 16.5. The predicted octanol–water partition coefficient (Wildman–Crippen LogP) is -0.392. The Labute approximate surface area is 218 Å². The van der Waals surface area contributed by atoms with Crippen LogP contribution in [0.1, 0.15) is 24.0 Å². The summed E-state index contributed by atoms with van der Waals surface area (Å²) in [5, 5.41) is 44.8. The van der Waals surface area contributed by atoms with E-state index < -0.39 is 81.6 Å². The third-order valence-electron chi connectivity index (χ3n) is 7.68. The monoisotopic (exact) mass is 529 g/mol. The Balaban J connectivity index is 2.08. The number of ether oxygens (including phenoxy) is 1. The summed E-state index contributed by atoms with van der Waals surface area (Å²) in [5.41, 5.74) is 1.44. The molecule has 0 aliphatic heterocycles. The van der Waals surface area contributed by atoms with E-state index in [1.807, 2.05) is 0 Å². The quantitative estimate of drug-likeness (QED) is 0.246. The fourth-order valence-electron chi connectivity index (χ4n) is 6.14. The van der Waals surface area contributed by atoms with Gasteiger partial charge >= 0.3 is 5.97 Å². The maximum Gasteiger partial charge on any atom is 0.320 e. The van der Waals surface area contributed by atoms with Crippen LogP contribution in [0.25, 0.3) is 5.76 Å². The SMILES string of the molecule is C[C@@H]1c2cccc(O)c2C(O)=C2C(=O)[C@@]3(O)C(O)=C(C(N)=O)C(=O)[C@H](N(C)C)[C@H]3[C@H](OC(=O)CN(C)C)[C@H]21. The minimum Gasteiger partial charge on any atom is -0.508 e. The molecule has 0 heterocycles. The van der Waals surface area contributed by atoms with Gasteiger partial charge in [-0.05, 0) is 45.7 Å². The lowest BCUT2D eigenvalue weighted by Crippen LogP contribution is -2.71. The molecule has 0 spiro atoms. The first-order valence-electron chi connectivity index (χ1n) is 12.0. The van der Waals surface area contributed by atoms with Crippen LogP contribution >= 0.6 is 0 Å². The Bertz CT molecular complexity index is 1310. The number of Topliss-reactive ketones (excluding diaryl/α,β-unsaturated/α-hetero) is 2. The summed E-state index contributed by atoms with van der Waals surface area (Å²) in [6.45, 7) is 1.51. The highest BCUT2D eigenvalue weighted by Gasteiger charge is 2.69. The van der Waals surface area contributed by atoms with Crippen LogP contribution in [-0.2, 0) is 23.9 Å². The number of aromatic hydroxyl groups is 1. The molecule has 1 fully saturated rings. The maximum absolute atomic E-state index is 14.1. The summed E-state index contributed by atoms with van der Waals surface area (Å²) in [4.78, 5) is 55.6. The maximum atomic E-state index is 14.1. The Kier molecular flexibility index (Phi) is 6.63. The van der Waals surface area contributed by atoms with Gasteiger partial charge in [0.1, 0.15) is 28.9 Å². The van der Waals surface area contributed by atoms with Crippen molar-refractivity contribution in [2.75, 3.05) is 34.7 Å². The highest BCUT2D eigenvalue weighted by Crippen LogP contribution is 2.56. The normalized spacial score (nSPS) is 30.8. The number of hydrogen-bond acceptors (Lipinski definition) is 11. The van der Waals surface area contributed by atoms with E-state index in [1.165, 1.54) is 30.0 Å². The number of likely N-dealkylation sites (N-methyl/N-ethyl adjacent to an activating group) is 2. The Hall–Kier alpha value is -3.74. The lowest BCUT2D eigenvalue weighted by Gasteiger charge is -2.54. The lowest BCUT2D eigenvalue weighted by atomic mass is 9.54. The van der Waals surface area contributed by atoms with E-state index >= 15 is 0 Å². The average Bonchev–Trinajstić information content (AvgIpc) is 2.80. The van der Waals surface area contributed by atoms with Crippen molar-refractivity contribution in [3.8, 4) is 5.75 Å². The van der Waals surface area contributed by atoms with Crippen molar-refractivity contribution >= 4 is 29.2 Å². The van der Waals surface area contributed by atoms with Gasteiger partial charge in [-0.15, -0.1) is 0 Å². The molecule has 1 aromatic rings. The standard InChI is InChI=1S/C26H31N3O9/c1-10-11-7-6-8-12(30)15(11)20(32)16-14(10)22(38-13(31)9-28(2)3)18-19(29(4)5)21(33)17(25(27)36)24(35)26(18,37)23(16)34/h6-8,10,14,18-19,22,30,32,35,37H,9H2,1-5H3,(H2,27,36)/t10-,14+,18+,19-,22-,26-/m1/s1.